The van der Waals surface area contributed by atoms with Gasteiger partial charge in [0.25, 0.3) is 0 Å². The van der Waals surface area contributed by atoms with Crippen LogP contribution < -0.4 is 0 Å². The van der Waals surface area contributed by atoms with Gasteiger partial charge in [-0.2, -0.15) is 0 Å². The second-order valence-electron chi connectivity index (χ2n) is 9.49. The Kier molecular flexibility index (Phi) is 12.5. The average molecular weight is 361 g/mol. The molecule has 1 saturated carbocycles. The SMILES string of the molecule is CCCCCCCCCCCCCCCCCCCC1CC2C=CC1C2. The zero-order chi connectivity index (χ0) is 18.3. The highest BCUT2D eigenvalue weighted by atomic mass is 14.4. The maximum absolute atomic E-state index is 2.52. The fourth-order valence-electron chi connectivity index (χ4n) is 5.36. The van der Waals surface area contributed by atoms with Gasteiger partial charge in [-0.3, -0.25) is 0 Å². The molecule has 0 aromatic rings. The lowest BCUT2D eigenvalue weighted by Gasteiger charge is -2.17. The minimum absolute atomic E-state index is 0.968. The molecular weight excluding hydrogens is 312 g/mol. The summed E-state index contributed by atoms with van der Waals surface area (Å²) in [6.07, 6.45) is 34.7. The van der Waals surface area contributed by atoms with Crippen LogP contribution in [0.25, 0.3) is 0 Å². The summed E-state index contributed by atoms with van der Waals surface area (Å²) in [5, 5.41) is 0. The van der Waals surface area contributed by atoms with E-state index in [0.29, 0.717) is 0 Å². The summed E-state index contributed by atoms with van der Waals surface area (Å²) in [5.74, 6) is 3.00. The van der Waals surface area contributed by atoms with Crippen LogP contribution in [0.5, 0.6) is 0 Å². The van der Waals surface area contributed by atoms with Crippen LogP contribution in [0.1, 0.15) is 135 Å². The van der Waals surface area contributed by atoms with Gasteiger partial charge in [0.05, 0.1) is 0 Å². The van der Waals surface area contributed by atoms with Crippen LogP contribution >= 0.6 is 0 Å². The zero-order valence-electron chi connectivity index (χ0n) is 18.0. The number of unbranched alkanes of at least 4 members (excludes halogenated alkanes) is 16. The van der Waals surface area contributed by atoms with E-state index in [4.69, 9.17) is 0 Å². The lowest BCUT2D eigenvalue weighted by molar-refractivity contribution is 0.393. The first kappa shape index (κ1) is 22.0. The van der Waals surface area contributed by atoms with Crippen LogP contribution in [-0.4, -0.2) is 0 Å². The minimum atomic E-state index is 0.968. The van der Waals surface area contributed by atoms with Gasteiger partial charge in [-0.25, -0.2) is 0 Å². The van der Waals surface area contributed by atoms with Gasteiger partial charge in [0.2, 0.25) is 0 Å². The number of hydrogen-bond donors (Lipinski definition) is 0. The molecule has 0 amide bonds. The van der Waals surface area contributed by atoms with E-state index in [-0.39, 0.29) is 0 Å². The van der Waals surface area contributed by atoms with Gasteiger partial charge in [-0.15, -0.1) is 0 Å². The van der Waals surface area contributed by atoms with Crippen molar-refractivity contribution in [1.29, 1.82) is 0 Å². The lowest BCUT2D eigenvalue weighted by Crippen LogP contribution is -2.06. The predicted molar refractivity (Wildman–Crippen MR) is 118 cm³/mol. The Balaban J connectivity index is 1.22. The van der Waals surface area contributed by atoms with Crippen molar-refractivity contribution in [3.63, 3.8) is 0 Å². The molecule has 152 valence electrons. The molecule has 0 aromatic heterocycles. The Bertz CT molecular complexity index is 342. The molecule has 0 heteroatoms. The Hall–Kier alpha value is -0.260. The molecule has 0 heterocycles. The first-order valence-corrected chi connectivity index (χ1v) is 12.6. The van der Waals surface area contributed by atoms with Crippen LogP contribution in [0.2, 0.25) is 0 Å². The van der Waals surface area contributed by atoms with E-state index in [1.807, 2.05) is 0 Å². The van der Waals surface area contributed by atoms with Gasteiger partial charge < -0.3 is 0 Å². The molecule has 0 aliphatic heterocycles. The van der Waals surface area contributed by atoms with Crippen LogP contribution in [0, 0.1) is 17.8 Å². The summed E-state index contributed by atoms with van der Waals surface area (Å²) >= 11 is 0. The van der Waals surface area contributed by atoms with Crippen molar-refractivity contribution in [3.8, 4) is 0 Å². The second-order valence-corrected chi connectivity index (χ2v) is 9.49. The molecule has 2 rings (SSSR count). The van der Waals surface area contributed by atoms with Crippen molar-refractivity contribution in [2.24, 2.45) is 17.8 Å². The molecule has 0 nitrogen and oxygen atoms in total. The summed E-state index contributed by atoms with van der Waals surface area (Å²) < 4.78 is 0. The Morgan fingerprint density at radius 1 is 0.538 bits per heavy atom. The molecule has 26 heavy (non-hydrogen) atoms. The fourth-order valence-corrected chi connectivity index (χ4v) is 5.36. The molecule has 3 atom stereocenters. The van der Waals surface area contributed by atoms with E-state index in [2.05, 4.69) is 19.1 Å². The second kappa shape index (κ2) is 14.8. The van der Waals surface area contributed by atoms with Crippen molar-refractivity contribution in [2.75, 3.05) is 0 Å². The van der Waals surface area contributed by atoms with E-state index < -0.39 is 0 Å². The summed E-state index contributed by atoms with van der Waals surface area (Å²) in [4.78, 5) is 0. The van der Waals surface area contributed by atoms with E-state index in [1.54, 1.807) is 0 Å². The van der Waals surface area contributed by atoms with Crippen LogP contribution in [0.4, 0.5) is 0 Å². The Morgan fingerprint density at radius 3 is 1.38 bits per heavy atom. The maximum atomic E-state index is 2.52. The molecule has 2 bridgehead atoms. The monoisotopic (exact) mass is 360 g/mol. The normalized spacial score (nSPS) is 24.0. The van der Waals surface area contributed by atoms with Crippen molar-refractivity contribution in [3.05, 3.63) is 12.2 Å². The molecular formula is C26H48. The molecule has 0 spiro atoms. The van der Waals surface area contributed by atoms with Gasteiger partial charge in [0.15, 0.2) is 0 Å². The van der Waals surface area contributed by atoms with Crippen molar-refractivity contribution in [1.82, 2.24) is 0 Å². The van der Waals surface area contributed by atoms with Gasteiger partial charge in [-0.1, -0.05) is 128 Å². The number of rotatable bonds is 18. The standard InChI is InChI=1S/C26H48/c1-2-3-4-5-6-7-8-9-10-11-12-13-14-15-16-17-18-19-25-22-24-20-21-26(25)23-24/h20-21,24-26H,2-19,22-23H2,1H3. The van der Waals surface area contributed by atoms with Crippen molar-refractivity contribution in [2.45, 2.75) is 135 Å². The lowest BCUT2D eigenvalue weighted by atomic mass is 9.88. The van der Waals surface area contributed by atoms with E-state index in [0.717, 1.165) is 17.8 Å². The highest BCUT2D eigenvalue weighted by Crippen LogP contribution is 2.45. The maximum Gasteiger partial charge on any atom is -0.0199 e. The van der Waals surface area contributed by atoms with Gasteiger partial charge in [0.1, 0.15) is 0 Å². The quantitative estimate of drug-likeness (QED) is 0.169. The first-order valence-electron chi connectivity index (χ1n) is 12.6. The van der Waals surface area contributed by atoms with Gasteiger partial charge in [0, 0.05) is 0 Å². The zero-order valence-corrected chi connectivity index (χ0v) is 18.0. The fraction of sp³-hybridized carbons (Fsp3) is 0.923. The van der Waals surface area contributed by atoms with E-state index in [9.17, 15) is 0 Å². The number of allylic oxidation sites excluding steroid dienone is 2. The molecule has 2 aliphatic rings. The Labute approximate surface area is 165 Å². The smallest absolute Gasteiger partial charge is 0.0199 e. The van der Waals surface area contributed by atoms with E-state index in [1.165, 1.54) is 128 Å². The highest BCUT2D eigenvalue weighted by Gasteiger charge is 2.34. The highest BCUT2D eigenvalue weighted by molar-refractivity contribution is 5.09. The summed E-state index contributed by atoms with van der Waals surface area (Å²) in [6.45, 7) is 2.30. The van der Waals surface area contributed by atoms with Gasteiger partial charge >= 0.3 is 0 Å². The third-order valence-electron chi connectivity index (χ3n) is 7.09. The molecule has 0 saturated heterocycles. The molecule has 0 N–H and O–H groups in total. The summed E-state index contributed by atoms with van der Waals surface area (Å²) in [7, 11) is 0. The molecule has 2 aliphatic carbocycles. The van der Waals surface area contributed by atoms with Crippen molar-refractivity contribution < 1.29 is 0 Å². The largest absolute Gasteiger partial charge is 0.0851 e. The Morgan fingerprint density at radius 2 is 1.00 bits per heavy atom. The number of hydrogen-bond acceptors (Lipinski definition) is 0. The molecule has 0 aromatic carbocycles. The molecule has 3 unspecified atom stereocenters. The minimum Gasteiger partial charge on any atom is -0.0851 e. The number of fused-ring (bicyclic) bond motifs is 2. The summed E-state index contributed by atoms with van der Waals surface area (Å²) in [5.41, 5.74) is 0. The molecule has 1 fully saturated rings. The predicted octanol–water partition coefficient (Wildman–Crippen LogP) is 9.24. The van der Waals surface area contributed by atoms with Gasteiger partial charge in [-0.05, 0) is 37.0 Å². The topological polar surface area (TPSA) is 0 Å². The third-order valence-corrected chi connectivity index (χ3v) is 7.09. The van der Waals surface area contributed by atoms with Crippen LogP contribution in [-0.2, 0) is 0 Å². The summed E-state index contributed by atoms with van der Waals surface area (Å²) in [6, 6.07) is 0. The molecule has 0 radical (unpaired) electrons. The average Bonchev–Trinajstić information content (AvgIpc) is 3.27. The third kappa shape index (κ3) is 9.61. The first-order chi connectivity index (χ1) is 12.9. The van der Waals surface area contributed by atoms with Crippen LogP contribution in [0.15, 0.2) is 12.2 Å². The van der Waals surface area contributed by atoms with Crippen LogP contribution in [0.3, 0.4) is 0 Å². The van der Waals surface area contributed by atoms with E-state index >= 15 is 0 Å². The van der Waals surface area contributed by atoms with Crippen molar-refractivity contribution >= 4 is 0 Å².